The molecule has 0 radical (unpaired) electrons. The zero-order valence-corrected chi connectivity index (χ0v) is 17.2. The van der Waals surface area contributed by atoms with E-state index >= 15 is 0 Å². The number of nitro groups is 1. The van der Waals surface area contributed by atoms with E-state index in [0.717, 1.165) is 6.07 Å². The summed E-state index contributed by atoms with van der Waals surface area (Å²) in [5.74, 6) is -2.46. The number of carbonyl (C=O) groups excluding carboxylic acids is 3. The molecule has 2 aromatic rings. The van der Waals surface area contributed by atoms with Crippen molar-refractivity contribution in [3.63, 3.8) is 0 Å². The number of non-ortho nitro benzene ring substituents is 1. The molecule has 0 fully saturated rings. The number of ether oxygens (including phenoxy) is 1. The molecular formula is C19H19N3O8S. The molecule has 2 N–H and O–H groups in total. The van der Waals surface area contributed by atoms with E-state index in [0.29, 0.717) is 5.69 Å². The van der Waals surface area contributed by atoms with Crippen LogP contribution in [0.3, 0.4) is 0 Å². The molecule has 12 heteroatoms. The van der Waals surface area contributed by atoms with Crippen molar-refractivity contribution in [2.75, 3.05) is 23.0 Å². The molecule has 11 nitrogen and oxygen atoms in total. The quantitative estimate of drug-likeness (QED) is 0.333. The Morgan fingerprint density at radius 3 is 2.32 bits per heavy atom. The molecule has 2 rings (SSSR count). The average molecular weight is 449 g/mol. The molecule has 0 atom stereocenters. The van der Waals surface area contributed by atoms with Crippen molar-refractivity contribution in [1.82, 2.24) is 0 Å². The van der Waals surface area contributed by atoms with Gasteiger partial charge in [-0.3, -0.25) is 24.5 Å². The van der Waals surface area contributed by atoms with Crippen molar-refractivity contribution < 1.29 is 32.5 Å². The van der Waals surface area contributed by atoms with Crippen LogP contribution in [0.1, 0.15) is 13.3 Å². The highest BCUT2D eigenvalue weighted by molar-refractivity contribution is 7.91. The van der Waals surface area contributed by atoms with Crippen molar-refractivity contribution in [3.8, 4) is 0 Å². The summed E-state index contributed by atoms with van der Waals surface area (Å²) in [6, 6.07) is 10.7. The number of carbonyl (C=O) groups is 3. The first-order valence-electron chi connectivity index (χ1n) is 8.87. The molecule has 0 bridgehead atoms. The lowest BCUT2D eigenvalue weighted by molar-refractivity contribution is -0.384. The number of benzene rings is 2. The van der Waals surface area contributed by atoms with Crippen LogP contribution < -0.4 is 10.6 Å². The maximum Gasteiger partial charge on any atom is 0.307 e. The van der Waals surface area contributed by atoms with Crippen molar-refractivity contribution >= 4 is 44.7 Å². The lowest BCUT2D eigenvalue weighted by atomic mass is 10.3. The first-order chi connectivity index (χ1) is 14.6. The van der Waals surface area contributed by atoms with Gasteiger partial charge in [-0.15, -0.1) is 0 Å². The van der Waals surface area contributed by atoms with Gasteiger partial charge in [0.15, 0.2) is 16.4 Å². The topological polar surface area (TPSA) is 162 Å². The summed E-state index contributed by atoms with van der Waals surface area (Å²) in [5, 5.41) is 15.6. The Morgan fingerprint density at radius 1 is 1.03 bits per heavy atom. The number of sulfone groups is 1. The van der Waals surface area contributed by atoms with Gasteiger partial charge in [-0.2, -0.15) is 0 Å². The first-order valence-corrected chi connectivity index (χ1v) is 10.5. The third-order valence-corrected chi connectivity index (χ3v) is 5.55. The average Bonchev–Trinajstić information content (AvgIpc) is 2.71. The first kappa shape index (κ1) is 23.5. The fraction of sp³-hybridized carbons (Fsp3) is 0.211. The maximum atomic E-state index is 12.3. The highest BCUT2D eigenvalue weighted by Crippen LogP contribution is 2.18. The van der Waals surface area contributed by atoms with Crippen molar-refractivity contribution in [3.05, 3.63) is 58.6 Å². The van der Waals surface area contributed by atoms with E-state index in [1.54, 1.807) is 0 Å². The van der Waals surface area contributed by atoms with Gasteiger partial charge in [0.05, 0.1) is 22.0 Å². The third-order valence-electron chi connectivity index (χ3n) is 3.81. The van der Waals surface area contributed by atoms with Crippen LogP contribution in [0, 0.1) is 10.1 Å². The van der Waals surface area contributed by atoms with Gasteiger partial charge in [0, 0.05) is 30.4 Å². The summed E-state index contributed by atoms with van der Waals surface area (Å²) in [6.07, 6.45) is -0.472. The molecule has 2 aromatic carbocycles. The summed E-state index contributed by atoms with van der Waals surface area (Å²) in [7, 11) is -3.78. The number of nitro benzene ring substituents is 1. The number of nitrogens with one attached hydrogen (secondary N) is 2. The molecule has 0 heterocycles. The number of esters is 1. The highest BCUT2D eigenvalue weighted by atomic mass is 32.2. The second-order valence-corrected chi connectivity index (χ2v) is 8.40. The molecule has 0 aliphatic heterocycles. The van der Waals surface area contributed by atoms with E-state index in [4.69, 9.17) is 4.74 Å². The number of amides is 2. The second-order valence-electron chi connectivity index (χ2n) is 6.29. The summed E-state index contributed by atoms with van der Waals surface area (Å²) < 4.78 is 29.4. The number of rotatable bonds is 9. The minimum atomic E-state index is -3.78. The third kappa shape index (κ3) is 7.51. The predicted octanol–water partition coefficient (Wildman–Crippen LogP) is 1.90. The van der Waals surface area contributed by atoms with Crippen molar-refractivity contribution in [2.24, 2.45) is 0 Å². The maximum absolute atomic E-state index is 12.3. The molecule has 0 saturated carbocycles. The molecule has 0 spiro atoms. The van der Waals surface area contributed by atoms with E-state index in [-0.39, 0.29) is 22.2 Å². The van der Waals surface area contributed by atoms with Crippen LogP contribution in [0.15, 0.2) is 53.4 Å². The van der Waals surface area contributed by atoms with Gasteiger partial charge >= 0.3 is 5.97 Å². The molecule has 0 aromatic heterocycles. The van der Waals surface area contributed by atoms with Gasteiger partial charge in [0.1, 0.15) is 0 Å². The lowest BCUT2D eigenvalue weighted by Crippen LogP contribution is -2.22. The molecule has 0 saturated heterocycles. The zero-order chi connectivity index (χ0) is 23.0. The van der Waals surface area contributed by atoms with E-state index in [2.05, 4.69) is 10.6 Å². The number of nitrogens with zero attached hydrogens (tertiary/aromatic N) is 1. The molecular weight excluding hydrogens is 430 g/mol. The van der Waals surface area contributed by atoms with E-state index in [9.17, 15) is 32.9 Å². The number of hydrogen-bond acceptors (Lipinski definition) is 8. The minimum absolute atomic E-state index is 0.0298. The van der Waals surface area contributed by atoms with Crippen molar-refractivity contribution in [1.29, 1.82) is 0 Å². The van der Waals surface area contributed by atoms with Gasteiger partial charge in [0.2, 0.25) is 5.91 Å². The van der Waals surface area contributed by atoms with Crippen LogP contribution in [0.2, 0.25) is 0 Å². The SMILES string of the molecule is CC(=O)Nc1ccc(S(=O)(=O)CCC(=O)OCC(=O)Nc2cccc([N+](=O)[O-])c2)cc1. The minimum Gasteiger partial charge on any atom is -0.456 e. The lowest BCUT2D eigenvalue weighted by Gasteiger charge is -2.08. The van der Waals surface area contributed by atoms with Crippen LogP contribution in [-0.2, 0) is 29.0 Å². The van der Waals surface area contributed by atoms with Crippen LogP contribution >= 0.6 is 0 Å². The number of hydrogen-bond donors (Lipinski definition) is 2. The molecule has 31 heavy (non-hydrogen) atoms. The molecule has 0 unspecified atom stereocenters. The summed E-state index contributed by atoms with van der Waals surface area (Å²) in [4.78, 5) is 44.7. The second kappa shape index (κ2) is 10.3. The van der Waals surface area contributed by atoms with E-state index < -0.39 is 45.4 Å². The zero-order valence-electron chi connectivity index (χ0n) is 16.4. The Hall–Kier alpha value is -3.80. The summed E-state index contributed by atoms with van der Waals surface area (Å²) in [6.45, 7) is 0.646. The standard InChI is InChI=1S/C19H19N3O8S/c1-13(23)20-14-5-7-17(8-6-14)31(28,29)10-9-19(25)30-12-18(24)21-15-3-2-4-16(11-15)22(26)27/h2-8,11H,9-10,12H2,1H3,(H,20,23)(H,21,24). The van der Waals surface area contributed by atoms with Gasteiger partial charge < -0.3 is 15.4 Å². The molecule has 0 aliphatic carbocycles. The fourth-order valence-corrected chi connectivity index (χ4v) is 3.62. The Balaban J connectivity index is 1.83. The smallest absolute Gasteiger partial charge is 0.307 e. The van der Waals surface area contributed by atoms with Crippen LogP contribution in [0.25, 0.3) is 0 Å². The largest absolute Gasteiger partial charge is 0.456 e. The van der Waals surface area contributed by atoms with Gasteiger partial charge in [-0.05, 0) is 30.3 Å². The Labute approximate surface area is 177 Å². The Morgan fingerprint density at radius 2 is 1.71 bits per heavy atom. The molecule has 2 amide bonds. The molecule has 164 valence electrons. The van der Waals surface area contributed by atoms with E-state index in [1.807, 2.05) is 0 Å². The predicted molar refractivity (Wildman–Crippen MR) is 110 cm³/mol. The highest BCUT2D eigenvalue weighted by Gasteiger charge is 2.18. The summed E-state index contributed by atoms with van der Waals surface area (Å²) in [5.41, 5.74) is 0.367. The fourth-order valence-electron chi connectivity index (χ4n) is 2.40. The van der Waals surface area contributed by atoms with Gasteiger partial charge in [0.25, 0.3) is 11.6 Å². The Bertz CT molecular complexity index is 1100. The van der Waals surface area contributed by atoms with Crippen molar-refractivity contribution in [2.45, 2.75) is 18.2 Å². The molecule has 0 aliphatic rings. The Kier molecular flexibility index (Phi) is 7.80. The summed E-state index contributed by atoms with van der Waals surface area (Å²) >= 11 is 0. The van der Waals surface area contributed by atoms with Gasteiger partial charge in [-0.1, -0.05) is 6.07 Å². The number of anilines is 2. The van der Waals surface area contributed by atoms with E-state index in [1.165, 1.54) is 49.4 Å². The normalized spacial score (nSPS) is 10.7. The van der Waals surface area contributed by atoms with Crippen LogP contribution in [0.4, 0.5) is 17.1 Å². The van der Waals surface area contributed by atoms with Gasteiger partial charge in [-0.25, -0.2) is 8.42 Å². The van der Waals surface area contributed by atoms with Crippen LogP contribution in [0.5, 0.6) is 0 Å². The monoisotopic (exact) mass is 449 g/mol. The van der Waals surface area contributed by atoms with Crippen LogP contribution in [-0.4, -0.2) is 43.5 Å².